The van der Waals surface area contributed by atoms with Gasteiger partial charge in [-0.15, -0.1) is 0 Å². The molecule has 0 aliphatic heterocycles. The van der Waals surface area contributed by atoms with E-state index in [4.69, 9.17) is 4.74 Å². The first kappa shape index (κ1) is 27.3. The summed E-state index contributed by atoms with van der Waals surface area (Å²) < 4.78 is 5.37. The molecule has 2 amide bonds. The van der Waals surface area contributed by atoms with Crippen molar-refractivity contribution in [2.75, 3.05) is 33.7 Å². The summed E-state index contributed by atoms with van der Waals surface area (Å²) in [6.07, 6.45) is 0.319. The van der Waals surface area contributed by atoms with Crippen molar-refractivity contribution < 1.29 is 14.3 Å². The highest BCUT2D eigenvalue weighted by atomic mass is 16.6. The summed E-state index contributed by atoms with van der Waals surface area (Å²) in [5.41, 5.74) is 1.22. The first-order valence-corrected chi connectivity index (χ1v) is 11.2. The van der Waals surface area contributed by atoms with Gasteiger partial charge in [0.15, 0.2) is 5.96 Å². The Morgan fingerprint density at radius 3 is 2.41 bits per heavy atom. The number of alkyl carbamates (subject to hydrolysis) is 1. The van der Waals surface area contributed by atoms with Crippen molar-refractivity contribution in [3.63, 3.8) is 0 Å². The molecule has 0 fully saturated rings. The van der Waals surface area contributed by atoms with Crippen molar-refractivity contribution in [2.45, 2.75) is 59.6 Å². The molecule has 0 heterocycles. The second-order valence-corrected chi connectivity index (χ2v) is 9.29. The molecule has 0 spiro atoms. The molecule has 0 saturated carbocycles. The Hall–Kier alpha value is -2.77. The molecule has 8 heteroatoms. The van der Waals surface area contributed by atoms with Gasteiger partial charge in [0.1, 0.15) is 5.60 Å². The third-order valence-electron chi connectivity index (χ3n) is 4.58. The molecule has 1 rings (SSSR count). The van der Waals surface area contributed by atoms with Crippen LogP contribution in [0.15, 0.2) is 29.3 Å². The van der Waals surface area contributed by atoms with Gasteiger partial charge in [-0.1, -0.05) is 26.0 Å². The average molecular weight is 448 g/mol. The lowest BCUT2D eigenvalue weighted by Gasteiger charge is -2.25. The second-order valence-electron chi connectivity index (χ2n) is 9.29. The molecule has 0 saturated heterocycles. The maximum Gasteiger partial charge on any atom is 0.407 e. The van der Waals surface area contributed by atoms with Crippen LogP contribution in [0.2, 0.25) is 0 Å². The number of benzene rings is 1. The molecule has 180 valence electrons. The van der Waals surface area contributed by atoms with Gasteiger partial charge in [0.2, 0.25) is 0 Å². The SMILES string of the molecule is CCNC(=NCC(NC(=O)OC(C)(C)C)C(C)C)NCCc1cccc(C(=O)N(C)C)c1. The molecular weight excluding hydrogens is 406 g/mol. The maximum absolute atomic E-state index is 12.2. The quantitative estimate of drug-likeness (QED) is 0.400. The second kappa shape index (κ2) is 12.9. The summed E-state index contributed by atoms with van der Waals surface area (Å²) in [6.45, 7) is 13.4. The van der Waals surface area contributed by atoms with Gasteiger partial charge in [0, 0.05) is 32.7 Å². The lowest BCUT2D eigenvalue weighted by atomic mass is 10.1. The summed E-state index contributed by atoms with van der Waals surface area (Å²) in [5.74, 6) is 0.878. The van der Waals surface area contributed by atoms with E-state index in [1.807, 2.05) is 65.8 Å². The van der Waals surface area contributed by atoms with Crippen LogP contribution in [0.1, 0.15) is 57.5 Å². The topological polar surface area (TPSA) is 95.1 Å². The number of aliphatic imine (C=N–C) groups is 1. The molecule has 32 heavy (non-hydrogen) atoms. The van der Waals surface area contributed by atoms with Crippen LogP contribution in [0.5, 0.6) is 0 Å². The number of amides is 2. The van der Waals surface area contributed by atoms with Gasteiger partial charge in [0.25, 0.3) is 5.91 Å². The Labute approximate surface area is 193 Å². The fourth-order valence-corrected chi connectivity index (χ4v) is 2.86. The first-order valence-electron chi connectivity index (χ1n) is 11.2. The minimum absolute atomic E-state index is 0.00748. The lowest BCUT2D eigenvalue weighted by molar-refractivity contribution is 0.0493. The molecule has 1 unspecified atom stereocenters. The van der Waals surface area contributed by atoms with E-state index in [0.29, 0.717) is 24.6 Å². The van der Waals surface area contributed by atoms with Crippen LogP contribution in [0.3, 0.4) is 0 Å². The summed E-state index contributed by atoms with van der Waals surface area (Å²) in [4.78, 5) is 30.5. The fraction of sp³-hybridized carbons (Fsp3) is 0.625. The molecule has 0 aliphatic carbocycles. The smallest absolute Gasteiger partial charge is 0.407 e. The number of carbonyl (C=O) groups excluding carboxylic acids is 2. The van der Waals surface area contributed by atoms with Crippen LogP contribution < -0.4 is 16.0 Å². The van der Waals surface area contributed by atoms with Gasteiger partial charge in [-0.3, -0.25) is 9.79 Å². The van der Waals surface area contributed by atoms with Crippen molar-refractivity contribution in [3.8, 4) is 0 Å². The van der Waals surface area contributed by atoms with E-state index >= 15 is 0 Å². The van der Waals surface area contributed by atoms with Crippen molar-refractivity contribution >= 4 is 18.0 Å². The number of ether oxygens (including phenoxy) is 1. The molecule has 0 bridgehead atoms. The summed E-state index contributed by atoms with van der Waals surface area (Å²) >= 11 is 0. The van der Waals surface area contributed by atoms with Crippen molar-refractivity contribution in [3.05, 3.63) is 35.4 Å². The zero-order chi connectivity index (χ0) is 24.3. The van der Waals surface area contributed by atoms with Gasteiger partial charge >= 0.3 is 6.09 Å². The number of nitrogens with one attached hydrogen (secondary N) is 3. The average Bonchev–Trinajstić information content (AvgIpc) is 2.68. The van der Waals surface area contributed by atoms with Gasteiger partial charge in [0.05, 0.1) is 12.6 Å². The van der Waals surface area contributed by atoms with Crippen molar-refractivity contribution in [1.29, 1.82) is 0 Å². The number of hydrogen-bond acceptors (Lipinski definition) is 4. The van der Waals surface area contributed by atoms with E-state index in [-0.39, 0.29) is 17.9 Å². The van der Waals surface area contributed by atoms with Crippen LogP contribution >= 0.6 is 0 Å². The molecular formula is C24H41N5O3. The van der Waals surface area contributed by atoms with E-state index in [2.05, 4.69) is 20.9 Å². The van der Waals surface area contributed by atoms with Gasteiger partial charge in [-0.05, 0) is 57.7 Å². The molecule has 0 aliphatic rings. The number of hydrogen-bond donors (Lipinski definition) is 3. The van der Waals surface area contributed by atoms with Crippen LogP contribution in [-0.4, -0.2) is 68.2 Å². The zero-order valence-corrected chi connectivity index (χ0v) is 20.9. The highest BCUT2D eigenvalue weighted by molar-refractivity contribution is 5.94. The summed E-state index contributed by atoms with van der Waals surface area (Å²) in [6, 6.07) is 7.52. The molecule has 0 aromatic heterocycles. The molecule has 1 aromatic rings. The van der Waals surface area contributed by atoms with E-state index in [0.717, 1.165) is 18.5 Å². The van der Waals surface area contributed by atoms with Crippen LogP contribution in [0, 0.1) is 5.92 Å². The van der Waals surface area contributed by atoms with Crippen molar-refractivity contribution in [1.82, 2.24) is 20.9 Å². The largest absolute Gasteiger partial charge is 0.444 e. The third-order valence-corrected chi connectivity index (χ3v) is 4.58. The first-order chi connectivity index (χ1) is 14.9. The third kappa shape index (κ3) is 10.5. The van der Waals surface area contributed by atoms with Crippen molar-refractivity contribution in [2.24, 2.45) is 10.9 Å². The fourth-order valence-electron chi connectivity index (χ4n) is 2.86. The van der Waals surface area contributed by atoms with E-state index in [1.165, 1.54) is 0 Å². The number of nitrogens with zero attached hydrogens (tertiary/aromatic N) is 2. The standard InChI is InChI=1S/C24H41N5O3/c1-9-25-22(27-16-20(17(2)3)28-23(31)32-24(4,5)6)26-14-13-18-11-10-12-19(15-18)21(30)29(7)8/h10-12,15,17,20H,9,13-14,16H2,1-8H3,(H,28,31)(H2,25,26,27). The normalized spacial score (nSPS) is 12.8. The Balaban J connectivity index is 2.70. The molecule has 1 atom stereocenters. The molecule has 3 N–H and O–H groups in total. The van der Waals surface area contributed by atoms with Gasteiger partial charge in [-0.2, -0.15) is 0 Å². The zero-order valence-electron chi connectivity index (χ0n) is 20.9. The molecule has 0 radical (unpaired) electrons. The highest BCUT2D eigenvalue weighted by Crippen LogP contribution is 2.09. The summed E-state index contributed by atoms with van der Waals surface area (Å²) in [7, 11) is 3.50. The monoisotopic (exact) mass is 447 g/mol. The Morgan fingerprint density at radius 2 is 1.84 bits per heavy atom. The van der Waals surface area contributed by atoms with Crippen LogP contribution in [0.25, 0.3) is 0 Å². The Bertz CT molecular complexity index is 769. The van der Waals surface area contributed by atoms with E-state index < -0.39 is 11.7 Å². The predicted molar refractivity (Wildman–Crippen MR) is 130 cm³/mol. The summed E-state index contributed by atoms with van der Waals surface area (Å²) in [5, 5.41) is 9.48. The Morgan fingerprint density at radius 1 is 1.16 bits per heavy atom. The van der Waals surface area contributed by atoms with E-state index in [9.17, 15) is 9.59 Å². The maximum atomic E-state index is 12.2. The van der Waals surface area contributed by atoms with Crippen LogP contribution in [0.4, 0.5) is 4.79 Å². The van der Waals surface area contributed by atoms with E-state index in [1.54, 1.807) is 19.0 Å². The minimum Gasteiger partial charge on any atom is -0.444 e. The lowest BCUT2D eigenvalue weighted by Crippen LogP contribution is -2.45. The molecule has 1 aromatic carbocycles. The predicted octanol–water partition coefficient (Wildman–Crippen LogP) is 3.04. The number of carbonyl (C=O) groups is 2. The number of guanidine groups is 1. The van der Waals surface area contributed by atoms with Crippen LogP contribution in [-0.2, 0) is 11.2 Å². The minimum atomic E-state index is -0.542. The number of rotatable bonds is 9. The van der Waals surface area contributed by atoms with Gasteiger partial charge < -0.3 is 25.6 Å². The molecule has 8 nitrogen and oxygen atoms in total. The Kier molecular flexibility index (Phi) is 11.0. The van der Waals surface area contributed by atoms with Gasteiger partial charge in [-0.25, -0.2) is 4.79 Å². The highest BCUT2D eigenvalue weighted by Gasteiger charge is 2.21.